The van der Waals surface area contributed by atoms with Gasteiger partial charge in [0, 0.05) is 44.7 Å². The van der Waals surface area contributed by atoms with Crippen LogP contribution in [0, 0.1) is 10.1 Å². The minimum atomic E-state index is -0.471. The summed E-state index contributed by atoms with van der Waals surface area (Å²) in [6, 6.07) is 9.81. The van der Waals surface area contributed by atoms with Crippen molar-refractivity contribution in [1.82, 2.24) is 10.2 Å². The van der Waals surface area contributed by atoms with E-state index in [4.69, 9.17) is 9.47 Å². The number of hydrogen-bond acceptors (Lipinski definition) is 7. The Labute approximate surface area is 197 Å². The van der Waals surface area contributed by atoms with Crippen LogP contribution in [-0.2, 0) is 4.79 Å². The molecule has 34 heavy (non-hydrogen) atoms. The van der Waals surface area contributed by atoms with Gasteiger partial charge in [0.15, 0.2) is 11.5 Å². The van der Waals surface area contributed by atoms with Crippen molar-refractivity contribution in [2.75, 3.05) is 44.3 Å². The number of amides is 2. The predicted molar refractivity (Wildman–Crippen MR) is 125 cm³/mol. The number of rotatable bonds is 6. The van der Waals surface area contributed by atoms with Gasteiger partial charge in [-0.1, -0.05) is 13.0 Å². The fourth-order valence-electron chi connectivity index (χ4n) is 4.28. The van der Waals surface area contributed by atoms with Gasteiger partial charge in [-0.2, -0.15) is 0 Å². The first-order valence-corrected chi connectivity index (χ1v) is 11.4. The third kappa shape index (κ3) is 4.90. The lowest BCUT2D eigenvalue weighted by atomic mass is 10.0. The molecular formula is C24H28N4O6. The zero-order valence-corrected chi connectivity index (χ0v) is 19.3. The van der Waals surface area contributed by atoms with Crippen molar-refractivity contribution in [1.29, 1.82) is 0 Å². The normalized spacial score (nSPS) is 16.1. The maximum absolute atomic E-state index is 13.0. The van der Waals surface area contributed by atoms with Crippen LogP contribution < -0.4 is 19.7 Å². The van der Waals surface area contributed by atoms with Crippen LogP contribution in [-0.4, -0.2) is 61.0 Å². The molecule has 2 aliphatic rings. The van der Waals surface area contributed by atoms with Crippen molar-refractivity contribution in [2.24, 2.45) is 0 Å². The number of carbonyl (C=O) groups is 2. The summed E-state index contributed by atoms with van der Waals surface area (Å²) in [6.45, 7) is 6.43. The largest absolute Gasteiger partial charge is 0.486 e. The van der Waals surface area contributed by atoms with Crippen LogP contribution in [0.1, 0.15) is 42.2 Å². The monoisotopic (exact) mass is 468 g/mol. The summed E-state index contributed by atoms with van der Waals surface area (Å²) in [6.07, 6.45) is 0.631. The Morgan fingerprint density at radius 2 is 1.76 bits per heavy atom. The number of anilines is 1. The Balaban J connectivity index is 1.51. The van der Waals surface area contributed by atoms with Crippen LogP contribution in [0.4, 0.5) is 11.4 Å². The molecule has 0 radical (unpaired) electrons. The number of benzene rings is 2. The smallest absolute Gasteiger partial charge is 0.293 e. The summed E-state index contributed by atoms with van der Waals surface area (Å²) >= 11 is 0. The molecule has 1 saturated heterocycles. The standard InChI is InChI=1S/C24H28N4O6/c1-3-19(17-5-7-22-23(15-17)34-13-12-33-22)25-24(30)18-4-6-20(21(14-18)28(31)32)27-10-8-26(9-11-27)16(2)29/h4-7,14-15,19H,3,8-13H2,1-2H3,(H,25,30). The average molecular weight is 469 g/mol. The lowest BCUT2D eigenvalue weighted by molar-refractivity contribution is -0.384. The molecule has 10 heteroatoms. The number of nitrogens with zero attached hydrogens (tertiary/aromatic N) is 3. The van der Waals surface area contributed by atoms with E-state index in [1.54, 1.807) is 17.0 Å². The van der Waals surface area contributed by atoms with Crippen molar-refractivity contribution < 1.29 is 24.0 Å². The van der Waals surface area contributed by atoms with Gasteiger partial charge < -0.3 is 24.6 Å². The van der Waals surface area contributed by atoms with E-state index < -0.39 is 10.8 Å². The summed E-state index contributed by atoms with van der Waals surface area (Å²) < 4.78 is 11.2. The zero-order chi connectivity index (χ0) is 24.2. The van der Waals surface area contributed by atoms with Gasteiger partial charge in [-0.15, -0.1) is 0 Å². The summed E-state index contributed by atoms with van der Waals surface area (Å²) in [5.74, 6) is 0.912. The predicted octanol–water partition coefficient (Wildman–Crippen LogP) is 2.92. The number of fused-ring (bicyclic) bond motifs is 1. The second kappa shape index (κ2) is 9.98. The van der Waals surface area contributed by atoms with Gasteiger partial charge in [-0.05, 0) is 36.2 Å². The van der Waals surface area contributed by atoms with Gasteiger partial charge in [0.1, 0.15) is 18.9 Å². The summed E-state index contributed by atoms with van der Waals surface area (Å²) in [7, 11) is 0. The molecule has 0 aromatic heterocycles. The topological polar surface area (TPSA) is 114 Å². The fourth-order valence-corrected chi connectivity index (χ4v) is 4.28. The molecule has 0 bridgehead atoms. The van der Waals surface area contributed by atoms with E-state index in [2.05, 4.69) is 5.32 Å². The van der Waals surface area contributed by atoms with Crippen molar-refractivity contribution >= 4 is 23.2 Å². The van der Waals surface area contributed by atoms with Crippen LogP contribution in [0.2, 0.25) is 0 Å². The molecule has 0 spiro atoms. The van der Waals surface area contributed by atoms with Gasteiger partial charge in [0.25, 0.3) is 11.6 Å². The number of nitro benzene ring substituents is 1. The third-order valence-corrected chi connectivity index (χ3v) is 6.18. The quantitative estimate of drug-likeness (QED) is 0.512. The van der Waals surface area contributed by atoms with Crippen molar-refractivity contribution in [3.05, 3.63) is 57.6 Å². The SMILES string of the molecule is CCC(NC(=O)c1ccc(N2CCN(C(C)=O)CC2)c([N+](=O)[O-])c1)c1ccc2c(c1)OCCO2. The van der Waals surface area contributed by atoms with E-state index in [-0.39, 0.29) is 23.2 Å². The second-order valence-electron chi connectivity index (χ2n) is 8.29. The van der Waals surface area contributed by atoms with Crippen LogP contribution >= 0.6 is 0 Å². The van der Waals surface area contributed by atoms with E-state index in [1.165, 1.54) is 13.0 Å². The van der Waals surface area contributed by atoms with Gasteiger partial charge >= 0.3 is 0 Å². The van der Waals surface area contributed by atoms with Gasteiger partial charge in [-0.3, -0.25) is 19.7 Å². The van der Waals surface area contributed by atoms with Crippen molar-refractivity contribution in [2.45, 2.75) is 26.3 Å². The van der Waals surface area contributed by atoms with Gasteiger partial charge in [0.2, 0.25) is 5.91 Å². The maximum Gasteiger partial charge on any atom is 0.293 e. The lowest BCUT2D eigenvalue weighted by Crippen LogP contribution is -2.48. The number of carbonyl (C=O) groups excluding carboxylic acids is 2. The zero-order valence-electron chi connectivity index (χ0n) is 19.3. The minimum Gasteiger partial charge on any atom is -0.486 e. The molecule has 10 nitrogen and oxygen atoms in total. The fraction of sp³-hybridized carbons (Fsp3) is 0.417. The van der Waals surface area contributed by atoms with Crippen molar-refractivity contribution in [3.8, 4) is 11.5 Å². The van der Waals surface area contributed by atoms with E-state index in [0.717, 1.165) is 5.56 Å². The molecule has 0 saturated carbocycles. The number of hydrogen-bond donors (Lipinski definition) is 1. The Bertz CT molecular complexity index is 1100. The van der Waals surface area contributed by atoms with E-state index >= 15 is 0 Å². The maximum atomic E-state index is 13.0. The van der Waals surface area contributed by atoms with Crippen molar-refractivity contribution in [3.63, 3.8) is 0 Å². The molecule has 0 aliphatic carbocycles. The Kier molecular flexibility index (Phi) is 6.85. The Morgan fingerprint density at radius 3 is 2.41 bits per heavy atom. The highest BCUT2D eigenvalue weighted by Crippen LogP contribution is 2.34. The molecule has 1 fully saturated rings. The highest BCUT2D eigenvalue weighted by Gasteiger charge is 2.26. The van der Waals surface area contributed by atoms with Crippen LogP contribution in [0.25, 0.3) is 0 Å². The molecular weight excluding hydrogens is 440 g/mol. The lowest BCUT2D eigenvalue weighted by Gasteiger charge is -2.35. The van der Waals surface area contributed by atoms with Crippen LogP contribution in [0.15, 0.2) is 36.4 Å². The summed E-state index contributed by atoms with van der Waals surface area (Å²) in [5, 5.41) is 14.8. The third-order valence-electron chi connectivity index (χ3n) is 6.18. The Morgan fingerprint density at radius 1 is 1.06 bits per heavy atom. The van der Waals surface area contributed by atoms with E-state index in [1.807, 2.05) is 30.0 Å². The van der Waals surface area contributed by atoms with Gasteiger partial charge in [0.05, 0.1) is 11.0 Å². The Hall–Kier alpha value is -3.82. The first kappa shape index (κ1) is 23.3. The molecule has 2 aromatic carbocycles. The summed E-state index contributed by atoms with van der Waals surface area (Å²) in [4.78, 5) is 39.5. The van der Waals surface area contributed by atoms with E-state index in [9.17, 15) is 19.7 Å². The molecule has 2 aromatic rings. The number of ether oxygens (including phenoxy) is 2. The number of nitro groups is 1. The molecule has 2 amide bonds. The molecule has 2 aliphatic heterocycles. The molecule has 180 valence electrons. The number of piperazine rings is 1. The summed E-state index contributed by atoms with van der Waals surface area (Å²) in [5.41, 5.74) is 1.41. The number of nitrogens with one attached hydrogen (secondary N) is 1. The molecule has 1 N–H and O–H groups in total. The highest BCUT2D eigenvalue weighted by atomic mass is 16.6. The molecule has 4 rings (SSSR count). The molecule has 1 atom stereocenters. The highest BCUT2D eigenvalue weighted by molar-refractivity contribution is 5.96. The molecule has 1 unspecified atom stereocenters. The van der Waals surface area contributed by atoms with Crippen LogP contribution in [0.5, 0.6) is 11.5 Å². The second-order valence-corrected chi connectivity index (χ2v) is 8.29. The average Bonchev–Trinajstić information content (AvgIpc) is 2.86. The van der Waals surface area contributed by atoms with E-state index in [0.29, 0.717) is 63.0 Å². The first-order valence-electron chi connectivity index (χ1n) is 11.4. The molecule has 2 heterocycles. The first-order chi connectivity index (χ1) is 16.4. The minimum absolute atomic E-state index is 0.00957. The van der Waals surface area contributed by atoms with Crippen LogP contribution in [0.3, 0.4) is 0 Å². The van der Waals surface area contributed by atoms with Gasteiger partial charge in [-0.25, -0.2) is 0 Å².